The van der Waals surface area contributed by atoms with Crippen molar-refractivity contribution < 1.29 is 38.7 Å². The van der Waals surface area contributed by atoms with Crippen LogP contribution in [0.4, 0.5) is 0 Å². The summed E-state index contributed by atoms with van der Waals surface area (Å²) < 4.78 is 8.88. The Kier molecular flexibility index (Phi) is 13.1. The summed E-state index contributed by atoms with van der Waals surface area (Å²) in [5.41, 5.74) is 0. The molecule has 2 radical (unpaired) electrons. The van der Waals surface area contributed by atoms with Crippen molar-refractivity contribution in [3.8, 4) is 0 Å². The van der Waals surface area contributed by atoms with Crippen molar-refractivity contribution in [1.29, 1.82) is 0 Å². The summed E-state index contributed by atoms with van der Waals surface area (Å²) in [5, 5.41) is 0. The summed E-state index contributed by atoms with van der Waals surface area (Å²) in [5.74, 6) is 0. The minimum Gasteiger partial charge on any atom is 0 e. The molecule has 0 bridgehead atoms. The molecule has 0 aliphatic carbocycles. The van der Waals surface area contributed by atoms with Gasteiger partial charge in [0.2, 0.25) is 0 Å². The van der Waals surface area contributed by atoms with Gasteiger partial charge in [-0.1, -0.05) is 0 Å². The minimum atomic E-state index is -4.64. The van der Waals surface area contributed by atoms with Crippen LogP contribution in [0.1, 0.15) is 0 Å². The number of phosphoric acid groups is 1. The summed E-state index contributed by atoms with van der Waals surface area (Å²) >= 11 is 0. The van der Waals surface area contributed by atoms with Crippen LogP contribution < -0.4 is 0 Å². The van der Waals surface area contributed by atoms with Crippen molar-refractivity contribution in [1.82, 2.24) is 0 Å². The second-order valence-corrected chi connectivity index (χ2v) is 1.54. The van der Waals surface area contributed by atoms with Crippen LogP contribution in [0.25, 0.3) is 0 Å². The Morgan fingerprint density at radius 1 is 1.14 bits per heavy atom. The van der Waals surface area contributed by atoms with Gasteiger partial charge in [0, 0.05) is 19.5 Å². The average Bonchev–Trinajstić information content (AvgIpc) is 0.722. The van der Waals surface area contributed by atoms with Gasteiger partial charge < -0.3 is 14.7 Å². The Hall–Kier alpha value is 1.66. The van der Waals surface area contributed by atoms with Crippen molar-refractivity contribution in [2.45, 2.75) is 0 Å². The fourth-order valence-electron chi connectivity index (χ4n) is 0. The van der Waals surface area contributed by atoms with E-state index in [0.717, 1.165) is 0 Å². The molecule has 0 aromatic carbocycles. The molecule has 40 valence electrons. The van der Waals surface area contributed by atoms with Gasteiger partial charge in [0.05, 0.1) is 0 Å². The van der Waals surface area contributed by atoms with E-state index in [1.165, 1.54) is 0 Å². The second-order valence-electron chi connectivity index (χ2n) is 0.513. The van der Waals surface area contributed by atoms with Crippen LogP contribution in [0.3, 0.4) is 0 Å². The summed E-state index contributed by atoms with van der Waals surface area (Å²) in [4.78, 5) is 21.6. The average molecular weight is 373 g/mol. The normalized spacial score (nSPS) is 8.43. The maximum absolute atomic E-state index is 8.88. The predicted molar refractivity (Wildman–Crippen MR) is 22.8 cm³/mol. The fourth-order valence-corrected chi connectivity index (χ4v) is 0. The molecule has 0 saturated carbocycles. The van der Waals surface area contributed by atoms with Gasteiger partial charge >= 0.3 is 35.1 Å². The molecule has 4 nitrogen and oxygen atoms in total. The molecule has 0 rings (SSSR count). The Morgan fingerprint density at radius 3 is 1.14 bits per heavy atom. The van der Waals surface area contributed by atoms with Crippen LogP contribution in [0, 0.1) is 0 Å². The molecule has 0 fully saturated rings. The van der Waals surface area contributed by atoms with Gasteiger partial charge in [0.1, 0.15) is 0 Å². The Morgan fingerprint density at radius 2 is 1.14 bits per heavy atom. The van der Waals surface area contributed by atoms with Crippen LogP contribution >= 0.6 is 7.82 Å². The zero-order chi connectivity index (χ0) is 4.50. The topological polar surface area (TPSA) is 77.8 Å². The third kappa shape index (κ3) is 89.3. The number of hydrogen-bond donors (Lipinski definition) is 3. The fraction of sp³-hybridized carbons (Fsp3) is 0. The van der Waals surface area contributed by atoms with E-state index in [4.69, 9.17) is 19.2 Å². The van der Waals surface area contributed by atoms with Crippen LogP contribution in [-0.4, -0.2) is 42.0 Å². The molecule has 0 heterocycles. The third-order valence-electron chi connectivity index (χ3n) is 0. The molecule has 7 heteroatoms. The number of rotatable bonds is 0. The molecule has 0 atom stereocenters. The molecule has 0 saturated heterocycles. The van der Waals surface area contributed by atoms with E-state index in [0.29, 0.717) is 0 Å². The van der Waals surface area contributed by atoms with E-state index in [1.54, 1.807) is 0 Å². The van der Waals surface area contributed by atoms with Gasteiger partial charge in [-0.05, 0) is 0 Å². The standard InChI is InChI=1S/H3O4P.Pb.Zn.2H/c1-5(2,3)4;;;;/h(H3,1,2,3,4);;;;. The molecular weight excluding hydrogens is 368 g/mol. The van der Waals surface area contributed by atoms with Crippen LogP contribution in [-0.2, 0) is 24.0 Å². The van der Waals surface area contributed by atoms with Crippen LogP contribution in [0.5, 0.6) is 0 Å². The Labute approximate surface area is 73.5 Å². The van der Waals surface area contributed by atoms with Crippen molar-refractivity contribution >= 4 is 35.1 Å². The van der Waals surface area contributed by atoms with E-state index in [-0.39, 0.29) is 46.8 Å². The van der Waals surface area contributed by atoms with Crippen molar-refractivity contribution in [2.24, 2.45) is 0 Å². The van der Waals surface area contributed by atoms with Crippen molar-refractivity contribution in [2.75, 3.05) is 0 Å². The van der Waals surface area contributed by atoms with E-state index in [2.05, 4.69) is 0 Å². The predicted octanol–water partition coefficient (Wildman–Crippen LogP) is -1.85. The van der Waals surface area contributed by atoms with Gasteiger partial charge in [-0.3, -0.25) is 0 Å². The minimum absolute atomic E-state index is 0. The van der Waals surface area contributed by atoms with Crippen molar-refractivity contribution in [3.63, 3.8) is 0 Å². The van der Waals surface area contributed by atoms with E-state index in [1.807, 2.05) is 0 Å². The van der Waals surface area contributed by atoms with Crippen molar-refractivity contribution in [3.05, 3.63) is 0 Å². The Balaban J connectivity index is -0.0000000800. The molecule has 3 N–H and O–H groups in total. The maximum Gasteiger partial charge on any atom is 0 e. The zero-order valence-electron chi connectivity index (χ0n) is 3.61. The van der Waals surface area contributed by atoms with Gasteiger partial charge in [-0.15, -0.1) is 0 Å². The van der Waals surface area contributed by atoms with Gasteiger partial charge in [-0.25, -0.2) is 4.57 Å². The summed E-state index contributed by atoms with van der Waals surface area (Å²) in [6, 6.07) is 0. The summed E-state index contributed by atoms with van der Waals surface area (Å²) in [7, 11) is -4.64. The first-order chi connectivity index (χ1) is 2.00. The zero-order valence-corrected chi connectivity index (χ0v) is 13.0. The molecular formula is H5O4PPbZn. The number of hydrogen-bond acceptors (Lipinski definition) is 1. The maximum atomic E-state index is 8.88. The Bertz CT molecular complexity index is 57.8. The van der Waals surface area contributed by atoms with Gasteiger partial charge in [0.25, 0.3) is 0 Å². The SMILES string of the molecule is O=P(O)(O)O.[PbH2].[Zn]. The van der Waals surface area contributed by atoms with Crippen LogP contribution in [0.15, 0.2) is 0 Å². The molecule has 0 amide bonds. The van der Waals surface area contributed by atoms with E-state index < -0.39 is 7.82 Å². The van der Waals surface area contributed by atoms with Gasteiger partial charge in [-0.2, -0.15) is 0 Å². The first kappa shape index (κ1) is 15.9. The van der Waals surface area contributed by atoms with Crippen LogP contribution in [0.2, 0.25) is 0 Å². The quantitative estimate of drug-likeness (QED) is 0.345. The molecule has 0 unspecified atom stereocenters. The molecule has 0 aromatic rings. The first-order valence-electron chi connectivity index (χ1n) is 0.783. The van der Waals surface area contributed by atoms with E-state index >= 15 is 0 Å². The van der Waals surface area contributed by atoms with E-state index in [9.17, 15) is 0 Å². The first-order valence-corrected chi connectivity index (χ1v) is 2.35. The molecule has 7 heavy (non-hydrogen) atoms. The molecule has 0 spiro atoms. The molecule has 0 aromatic heterocycles. The smallest absolute Gasteiger partial charge is 0 e. The van der Waals surface area contributed by atoms with Gasteiger partial charge in [0.15, 0.2) is 0 Å². The second kappa shape index (κ2) is 5.79. The summed E-state index contributed by atoms with van der Waals surface area (Å²) in [6.45, 7) is 0. The molecule has 0 aliphatic rings. The summed E-state index contributed by atoms with van der Waals surface area (Å²) in [6.07, 6.45) is 0. The molecule has 0 aliphatic heterocycles. The largest absolute Gasteiger partial charge is 0 e. The third-order valence-corrected chi connectivity index (χ3v) is 0. The monoisotopic (exact) mass is 372 g/mol.